The predicted octanol–water partition coefficient (Wildman–Crippen LogP) is 4.42. The monoisotopic (exact) mass is 435 g/mol. The highest BCUT2D eigenvalue weighted by atomic mass is 19.4. The van der Waals surface area contributed by atoms with E-state index in [1.165, 1.54) is 24.6 Å². The molecule has 0 saturated heterocycles. The first-order valence-corrected chi connectivity index (χ1v) is 9.20. The molecule has 10 heteroatoms. The maximum atomic E-state index is 12.7. The third-order valence-corrected chi connectivity index (χ3v) is 4.40. The number of carboxylic acid groups (broad SMARTS) is 1. The number of rotatable bonds is 7. The molecule has 1 N–H and O–H groups in total. The van der Waals surface area contributed by atoms with E-state index < -0.39 is 23.3 Å². The van der Waals surface area contributed by atoms with Gasteiger partial charge in [0.15, 0.2) is 11.4 Å². The van der Waals surface area contributed by atoms with Gasteiger partial charge in [0.05, 0.1) is 11.3 Å². The molecule has 0 aliphatic rings. The highest BCUT2D eigenvalue weighted by Crippen LogP contribution is 2.29. The van der Waals surface area contributed by atoms with E-state index in [9.17, 15) is 23.1 Å². The van der Waals surface area contributed by atoms with Gasteiger partial charge in [-0.15, -0.1) is 0 Å². The van der Waals surface area contributed by atoms with Gasteiger partial charge in [-0.3, -0.25) is 0 Å². The van der Waals surface area contributed by atoms with Gasteiger partial charge in [0.1, 0.15) is 18.1 Å². The lowest BCUT2D eigenvalue weighted by Crippen LogP contribution is -2.37. The van der Waals surface area contributed by atoms with Crippen LogP contribution >= 0.6 is 0 Å². The molecule has 31 heavy (non-hydrogen) atoms. The van der Waals surface area contributed by atoms with Crippen LogP contribution in [0.4, 0.5) is 13.2 Å². The molecule has 2 aromatic heterocycles. The van der Waals surface area contributed by atoms with Gasteiger partial charge in [-0.2, -0.15) is 18.3 Å². The summed E-state index contributed by atoms with van der Waals surface area (Å²) in [5.74, 6) is -0.0582. The lowest BCUT2D eigenvalue weighted by molar-refractivity contribution is -0.152. The van der Waals surface area contributed by atoms with Crippen LogP contribution in [-0.4, -0.2) is 31.4 Å². The Bertz CT molecular complexity index is 1080. The van der Waals surface area contributed by atoms with Crippen LogP contribution in [0.3, 0.4) is 0 Å². The van der Waals surface area contributed by atoms with Gasteiger partial charge in [0, 0.05) is 24.0 Å². The van der Waals surface area contributed by atoms with E-state index in [-0.39, 0.29) is 12.4 Å². The van der Waals surface area contributed by atoms with Gasteiger partial charge in [0.25, 0.3) is 0 Å². The fourth-order valence-electron chi connectivity index (χ4n) is 2.57. The van der Waals surface area contributed by atoms with Crippen LogP contribution in [-0.2, 0) is 17.6 Å². The van der Waals surface area contributed by atoms with Crippen molar-refractivity contribution in [3.63, 3.8) is 0 Å². The minimum atomic E-state index is -4.46. The summed E-state index contributed by atoms with van der Waals surface area (Å²) in [6.07, 6.45) is -2.08. The molecule has 0 spiro atoms. The van der Waals surface area contributed by atoms with Crippen LogP contribution in [0, 0.1) is 6.92 Å². The summed E-state index contributed by atoms with van der Waals surface area (Å²) in [7, 11) is 0. The molecule has 1 aromatic carbocycles. The molecule has 0 aliphatic heterocycles. The first-order chi connectivity index (χ1) is 14.5. The normalized spacial score (nSPS) is 11.9. The van der Waals surface area contributed by atoms with Crippen molar-refractivity contribution in [2.24, 2.45) is 0 Å². The minimum absolute atomic E-state index is 0.137. The Labute approximate surface area is 176 Å². The SMILES string of the molecule is Cc1nn(-c2ccc(C(F)(F)F)cn2)cc1COc1cccc(OC(C)(C)C(=O)O)c1. The van der Waals surface area contributed by atoms with Gasteiger partial charge in [-0.05, 0) is 45.0 Å². The number of pyridine rings is 1. The number of aliphatic carboxylic acids is 1. The highest BCUT2D eigenvalue weighted by molar-refractivity contribution is 5.76. The molecule has 0 atom stereocenters. The molecule has 164 valence electrons. The second-order valence-electron chi connectivity index (χ2n) is 7.27. The van der Waals surface area contributed by atoms with Crippen molar-refractivity contribution in [3.8, 4) is 17.3 Å². The minimum Gasteiger partial charge on any atom is -0.489 e. The Morgan fingerprint density at radius 3 is 2.48 bits per heavy atom. The Kier molecular flexibility index (Phi) is 5.92. The number of alkyl halides is 3. The van der Waals surface area contributed by atoms with Crippen molar-refractivity contribution in [1.82, 2.24) is 14.8 Å². The van der Waals surface area contributed by atoms with E-state index in [1.807, 2.05) is 0 Å². The first kappa shape index (κ1) is 22.1. The molecule has 7 nitrogen and oxygen atoms in total. The molecule has 0 radical (unpaired) electrons. The fraction of sp³-hybridized carbons (Fsp3) is 0.286. The van der Waals surface area contributed by atoms with Crippen molar-refractivity contribution < 1.29 is 32.5 Å². The van der Waals surface area contributed by atoms with Crippen LogP contribution < -0.4 is 9.47 Å². The Morgan fingerprint density at radius 1 is 1.16 bits per heavy atom. The summed E-state index contributed by atoms with van der Waals surface area (Å²) in [4.78, 5) is 15.0. The third-order valence-electron chi connectivity index (χ3n) is 4.40. The average molecular weight is 435 g/mol. The van der Waals surface area contributed by atoms with Gasteiger partial charge in [-0.25, -0.2) is 14.5 Å². The molecule has 3 aromatic rings. The number of carbonyl (C=O) groups is 1. The molecular weight excluding hydrogens is 415 g/mol. The van der Waals surface area contributed by atoms with Gasteiger partial charge in [-0.1, -0.05) is 6.07 Å². The van der Waals surface area contributed by atoms with E-state index in [1.54, 1.807) is 37.4 Å². The number of nitrogens with zero attached hydrogens (tertiary/aromatic N) is 3. The van der Waals surface area contributed by atoms with Crippen molar-refractivity contribution in [2.45, 2.75) is 39.2 Å². The van der Waals surface area contributed by atoms with Gasteiger partial charge in [0.2, 0.25) is 0 Å². The molecular formula is C21H20F3N3O4. The van der Waals surface area contributed by atoms with E-state index in [0.717, 1.165) is 12.3 Å². The first-order valence-electron chi connectivity index (χ1n) is 9.20. The van der Waals surface area contributed by atoms with Gasteiger partial charge >= 0.3 is 12.1 Å². The Balaban J connectivity index is 1.70. The zero-order chi connectivity index (χ0) is 22.8. The molecule has 0 unspecified atom stereocenters. The number of aromatic nitrogens is 3. The summed E-state index contributed by atoms with van der Waals surface area (Å²) < 4.78 is 50.7. The average Bonchev–Trinajstić information content (AvgIpc) is 3.06. The molecule has 0 saturated carbocycles. The van der Waals surface area contributed by atoms with Crippen LogP contribution in [0.2, 0.25) is 0 Å². The number of hydrogen-bond acceptors (Lipinski definition) is 5. The largest absolute Gasteiger partial charge is 0.489 e. The number of carboxylic acids is 1. The van der Waals surface area contributed by atoms with Crippen molar-refractivity contribution in [2.75, 3.05) is 0 Å². The molecule has 2 heterocycles. The van der Waals surface area contributed by atoms with Crippen molar-refractivity contribution in [1.29, 1.82) is 0 Å². The quantitative estimate of drug-likeness (QED) is 0.592. The van der Waals surface area contributed by atoms with Crippen molar-refractivity contribution in [3.05, 3.63) is 65.6 Å². The van der Waals surface area contributed by atoms with E-state index in [4.69, 9.17) is 9.47 Å². The van der Waals surface area contributed by atoms with Crippen molar-refractivity contribution >= 4 is 5.97 Å². The van der Waals surface area contributed by atoms with E-state index >= 15 is 0 Å². The predicted molar refractivity (Wildman–Crippen MR) is 104 cm³/mol. The standard InChI is InChI=1S/C21H20F3N3O4/c1-13-14(11-27(26-13)18-8-7-15(10-25-18)21(22,23)24)12-30-16-5-4-6-17(9-16)31-20(2,3)19(28)29/h4-11H,12H2,1-3H3,(H,28,29). The molecule has 0 bridgehead atoms. The summed E-state index contributed by atoms with van der Waals surface area (Å²) >= 11 is 0. The number of ether oxygens (including phenoxy) is 2. The molecule has 3 rings (SSSR count). The lowest BCUT2D eigenvalue weighted by Gasteiger charge is -2.21. The Morgan fingerprint density at radius 2 is 1.87 bits per heavy atom. The zero-order valence-corrected chi connectivity index (χ0v) is 17.0. The number of benzene rings is 1. The van der Waals surface area contributed by atoms with Crippen LogP contribution in [0.1, 0.15) is 30.7 Å². The van der Waals surface area contributed by atoms with Crippen LogP contribution in [0.15, 0.2) is 48.8 Å². The number of aryl methyl sites for hydroxylation is 1. The number of hydrogen-bond donors (Lipinski definition) is 1. The van der Waals surface area contributed by atoms with Gasteiger partial charge < -0.3 is 14.6 Å². The molecule has 0 aliphatic carbocycles. The maximum absolute atomic E-state index is 12.7. The summed E-state index contributed by atoms with van der Waals surface area (Å²) in [5.41, 5.74) is -0.901. The highest BCUT2D eigenvalue weighted by Gasteiger charge is 2.31. The van der Waals surface area contributed by atoms with Crippen LogP contribution in [0.25, 0.3) is 5.82 Å². The molecule has 0 amide bonds. The fourth-order valence-corrected chi connectivity index (χ4v) is 2.57. The third kappa shape index (κ3) is 5.33. The van der Waals surface area contributed by atoms with E-state index in [2.05, 4.69) is 10.1 Å². The van der Waals surface area contributed by atoms with E-state index in [0.29, 0.717) is 22.8 Å². The second-order valence-corrected chi connectivity index (χ2v) is 7.27. The topological polar surface area (TPSA) is 86.5 Å². The summed E-state index contributed by atoms with van der Waals surface area (Å²) in [5, 5.41) is 13.5. The summed E-state index contributed by atoms with van der Waals surface area (Å²) in [6.45, 7) is 4.76. The second kappa shape index (κ2) is 8.29. The number of halogens is 3. The lowest BCUT2D eigenvalue weighted by atomic mass is 10.1. The zero-order valence-electron chi connectivity index (χ0n) is 17.0. The summed E-state index contributed by atoms with van der Waals surface area (Å²) in [6, 6.07) is 8.74. The molecule has 0 fully saturated rings. The maximum Gasteiger partial charge on any atom is 0.417 e. The Hall–Kier alpha value is -3.56. The smallest absolute Gasteiger partial charge is 0.417 e. The van der Waals surface area contributed by atoms with Crippen LogP contribution in [0.5, 0.6) is 11.5 Å².